The molecular formula is C33H43ClF3N3O5. The van der Waals surface area contributed by atoms with Gasteiger partial charge in [-0.15, -0.1) is 0 Å². The summed E-state index contributed by atoms with van der Waals surface area (Å²) in [7, 11) is 2.84. The number of aromatic nitrogens is 1. The molecule has 1 saturated heterocycles. The van der Waals surface area contributed by atoms with Crippen molar-refractivity contribution in [3.8, 4) is 5.75 Å². The zero-order chi connectivity index (χ0) is 33.7. The number of nitrogens with zero attached hydrogens (tertiary/aromatic N) is 3. The van der Waals surface area contributed by atoms with E-state index in [4.69, 9.17) is 25.8 Å². The van der Waals surface area contributed by atoms with E-state index in [1.165, 1.54) is 11.7 Å². The summed E-state index contributed by atoms with van der Waals surface area (Å²) in [6, 6.07) is 8.36. The number of methoxy groups -OCH3 is 2. The van der Waals surface area contributed by atoms with E-state index in [2.05, 4.69) is 4.90 Å². The molecule has 12 heteroatoms. The summed E-state index contributed by atoms with van der Waals surface area (Å²) in [5.41, 5.74) is 2.62. The van der Waals surface area contributed by atoms with Gasteiger partial charge in [0.05, 0.1) is 36.7 Å². The van der Waals surface area contributed by atoms with Gasteiger partial charge in [0.25, 0.3) is 0 Å². The third kappa shape index (κ3) is 8.92. The van der Waals surface area contributed by atoms with Crippen LogP contribution >= 0.6 is 11.6 Å². The van der Waals surface area contributed by atoms with Gasteiger partial charge in [-0.25, -0.2) is 9.59 Å². The minimum atomic E-state index is -4.26. The Kier molecular flexibility index (Phi) is 12.0. The zero-order valence-electron chi connectivity index (χ0n) is 27.2. The van der Waals surface area contributed by atoms with Gasteiger partial charge < -0.3 is 14.2 Å². The van der Waals surface area contributed by atoms with Crippen LogP contribution in [-0.4, -0.2) is 78.6 Å². The molecule has 1 aliphatic heterocycles. The number of carbonyl (C=O) groups excluding carboxylic acids is 2. The summed E-state index contributed by atoms with van der Waals surface area (Å²) in [5.74, 6) is 0.0504. The Labute approximate surface area is 268 Å². The molecule has 2 heterocycles. The van der Waals surface area contributed by atoms with Crippen LogP contribution in [0.15, 0.2) is 36.5 Å². The molecule has 1 fully saturated rings. The molecule has 8 nitrogen and oxygen atoms in total. The number of halogens is 4. The van der Waals surface area contributed by atoms with Crippen LogP contribution in [0.4, 0.5) is 18.0 Å². The van der Waals surface area contributed by atoms with Crippen LogP contribution < -0.4 is 4.74 Å². The van der Waals surface area contributed by atoms with Gasteiger partial charge in [0.2, 0.25) is 0 Å². The van der Waals surface area contributed by atoms with E-state index in [0.29, 0.717) is 37.4 Å². The van der Waals surface area contributed by atoms with Crippen LogP contribution in [0.5, 0.6) is 5.75 Å². The number of aryl methyl sites for hydroxylation is 1. The second-order valence-corrected chi connectivity index (χ2v) is 12.1. The quantitative estimate of drug-likeness (QED) is 0.239. The van der Waals surface area contributed by atoms with Crippen LogP contribution in [0.1, 0.15) is 74.1 Å². The molecule has 248 valence electrons. The monoisotopic (exact) mass is 653 g/mol. The molecule has 0 radical (unpaired) electrons. The summed E-state index contributed by atoms with van der Waals surface area (Å²) in [5, 5.41) is 1.00. The lowest BCUT2D eigenvalue weighted by atomic mass is 9.98. The molecular weight excluding hydrogens is 611 g/mol. The number of esters is 1. The SMILES string of the molecule is CC.COC(=O)c1ccc(C2CN(CCC(F)(F)F)CCN2Cc2c(OC)cc(C)c3c2ccn3C(=O)OC(C)(C)C)cc1Cl. The topological polar surface area (TPSA) is 73.2 Å². The molecule has 1 aliphatic rings. The highest BCUT2D eigenvalue weighted by Crippen LogP contribution is 2.37. The highest BCUT2D eigenvalue weighted by atomic mass is 35.5. The highest BCUT2D eigenvalue weighted by molar-refractivity contribution is 6.33. The van der Waals surface area contributed by atoms with Gasteiger partial charge in [0, 0.05) is 55.9 Å². The van der Waals surface area contributed by atoms with E-state index >= 15 is 0 Å². The second-order valence-electron chi connectivity index (χ2n) is 11.7. The smallest absolute Gasteiger partial charge is 0.419 e. The number of rotatable bonds is 7. The van der Waals surface area contributed by atoms with Gasteiger partial charge in [0.15, 0.2) is 0 Å². The van der Waals surface area contributed by atoms with Crippen molar-refractivity contribution in [2.45, 2.75) is 72.3 Å². The van der Waals surface area contributed by atoms with E-state index in [9.17, 15) is 22.8 Å². The molecule has 0 amide bonds. The molecule has 0 saturated carbocycles. The Morgan fingerprint density at radius 2 is 1.73 bits per heavy atom. The fourth-order valence-corrected chi connectivity index (χ4v) is 5.73. The number of benzene rings is 2. The number of piperazine rings is 1. The summed E-state index contributed by atoms with van der Waals surface area (Å²) < 4.78 is 56.9. The number of hydrogen-bond acceptors (Lipinski definition) is 7. The van der Waals surface area contributed by atoms with Gasteiger partial charge in [-0.05, 0) is 63.1 Å². The Balaban J connectivity index is 0.00000271. The molecule has 3 aromatic rings. The third-order valence-electron chi connectivity index (χ3n) is 7.47. The molecule has 0 N–H and O–H groups in total. The van der Waals surface area contributed by atoms with E-state index in [1.807, 2.05) is 32.9 Å². The second kappa shape index (κ2) is 14.9. The van der Waals surface area contributed by atoms with Crippen molar-refractivity contribution >= 4 is 34.6 Å². The molecule has 4 rings (SSSR count). The molecule has 1 atom stereocenters. The predicted molar refractivity (Wildman–Crippen MR) is 169 cm³/mol. The zero-order valence-corrected chi connectivity index (χ0v) is 27.9. The normalized spacial score (nSPS) is 16.2. The molecule has 1 unspecified atom stereocenters. The number of carbonyl (C=O) groups is 2. The van der Waals surface area contributed by atoms with Gasteiger partial charge in [-0.3, -0.25) is 14.4 Å². The van der Waals surface area contributed by atoms with Crippen LogP contribution in [0.2, 0.25) is 5.02 Å². The van der Waals surface area contributed by atoms with Crippen molar-refractivity contribution in [1.82, 2.24) is 14.4 Å². The number of ether oxygens (including phenoxy) is 3. The van der Waals surface area contributed by atoms with E-state index < -0.39 is 30.3 Å². The molecule has 1 aromatic heterocycles. The lowest BCUT2D eigenvalue weighted by Gasteiger charge is -2.42. The summed E-state index contributed by atoms with van der Waals surface area (Å²) >= 11 is 6.46. The van der Waals surface area contributed by atoms with Crippen LogP contribution in [0.3, 0.4) is 0 Å². The van der Waals surface area contributed by atoms with E-state index in [0.717, 1.165) is 22.1 Å². The Hall–Kier alpha value is -3.28. The summed E-state index contributed by atoms with van der Waals surface area (Å²) in [6.07, 6.45) is -4.00. The standard InChI is InChI=1S/C31H37ClF3N3O5.C2H6/c1-19-15-26(41-5)23(21-9-11-38(27(19)21)29(40)43-30(2,3)4)17-37-14-13-36(12-10-31(33,34)35)18-25(37)20-7-8-22(24(32)16-20)28(39)42-6;1-2/h7-9,11,15-16,25H,10,12-14,17-18H2,1-6H3;1-2H3. The van der Waals surface area contributed by atoms with Crippen molar-refractivity contribution in [3.63, 3.8) is 0 Å². The van der Waals surface area contributed by atoms with Crippen LogP contribution in [0, 0.1) is 6.92 Å². The third-order valence-corrected chi connectivity index (χ3v) is 7.78. The Bertz CT molecular complexity index is 1500. The molecule has 0 bridgehead atoms. The maximum Gasteiger partial charge on any atom is 0.419 e. The minimum absolute atomic E-state index is 0.126. The lowest BCUT2D eigenvalue weighted by Crippen LogP contribution is -2.48. The largest absolute Gasteiger partial charge is 0.496 e. The fourth-order valence-electron chi connectivity index (χ4n) is 5.46. The first-order chi connectivity index (χ1) is 21.1. The first-order valence-corrected chi connectivity index (χ1v) is 15.3. The molecule has 0 aliphatic carbocycles. The fraction of sp³-hybridized carbons (Fsp3) is 0.515. The van der Waals surface area contributed by atoms with Crippen molar-refractivity contribution in [2.24, 2.45) is 0 Å². The van der Waals surface area contributed by atoms with Gasteiger partial charge >= 0.3 is 18.2 Å². The molecule has 0 spiro atoms. The first kappa shape index (κ1) is 36.2. The number of alkyl halides is 3. The minimum Gasteiger partial charge on any atom is -0.496 e. The average Bonchev–Trinajstić information content (AvgIpc) is 3.43. The lowest BCUT2D eigenvalue weighted by molar-refractivity contribution is -0.139. The predicted octanol–water partition coefficient (Wildman–Crippen LogP) is 8.02. The van der Waals surface area contributed by atoms with Crippen LogP contribution in [0.25, 0.3) is 10.9 Å². The summed E-state index contributed by atoms with van der Waals surface area (Å²) in [6.45, 7) is 12.8. The maximum atomic E-state index is 13.1. The highest BCUT2D eigenvalue weighted by Gasteiger charge is 2.34. The Morgan fingerprint density at radius 3 is 2.31 bits per heavy atom. The van der Waals surface area contributed by atoms with Gasteiger partial charge in [-0.2, -0.15) is 13.2 Å². The van der Waals surface area contributed by atoms with Crippen LogP contribution in [-0.2, 0) is 16.0 Å². The van der Waals surface area contributed by atoms with E-state index in [-0.39, 0.29) is 23.2 Å². The number of hydrogen-bond donors (Lipinski definition) is 0. The Morgan fingerprint density at radius 1 is 1.04 bits per heavy atom. The van der Waals surface area contributed by atoms with Crippen molar-refractivity contribution in [2.75, 3.05) is 40.4 Å². The maximum absolute atomic E-state index is 13.1. The van der Waals surface area contributed by atoms with E-state index in [1.54, 1.807) is 57.2 Å². The van der Waals surface area contributed by atoms with Crippen molar-refractivity contribution < 1.29 is 37.0 Å². The number of fused-ring (bicyclic) bond motifs is 1. The van der Waals surface area contributed by atoms with Crippen molar-refractivity contribution in [1.29, 1.82) is 0 Å². The molecule has 2 aromatic carbocycles. The molecule has 45 heavy (non-hydrogen) atoms. The summed E-state index contributed by atoms with van der Waals surface area (Å²) in [4.78, 5) is 29.1. The van der Waals surface area contributed by atoms with Gasteiger partial charge in [-0.1, -0.05) is 31.5 Å². The average molecular weight is 654 g/mol. The van der Waals surface area contributed by atoms with Gasteiger partial charge in [0.1, 0.15) is 11.4 Å². The van der Waals surface area contributed by atoms with Crippen molar-refractivity contribution in [3.05, 3.63) is 63.8 Å². The first-order valence-electron chi connectivity index (χ1n) is 14.9.